The summed E-state index contributed by atoms with van der Waals surface area (Å²) in [7, 11) is 0. The number of hydrogen-bond acceptors (Lipinski definition) is 6. The molecule has 0 bridgehead atoms. The molecule has 23 heavy (non-hydrogen) atoms. The summed E-state index contributed by atoms with van der Waals surface area (Å²) in [6.07, 6.45) is 0.226. The molecule has 0 fully saturated rings. The normalized spacial score (nSPS) is 10.4. The standard InChI is InChI=1S/C12H15ClN2O5S.C2H6/c1-2-10(16)15-9-5-7(21-12(18,19)20)3-4-8(9)14-11(17)6-13;1-2/h3-5,18-20H,2,6H2,1H3,(H,14,17)(H,15,16);1-2H3. The van der Waals surface area contributed by atoms with Crippen molar-refractivity contribution in [2.45, 2.75) is 37.4 Å². The minimum Gasteiger partial charge on any atom is -0.334 e. The van der Waals surface area contributed by atoms with Crippen LogP contribution in [-0.2, 0) is 9.59 Å². The largest absolute Gasteiger partial charge is 0.334 e. The maximum atomic E-state index is 11.5. The lowest BCUT2D eigenvalue weighted by atomic mass is 10.2. The lowest BCUT2D eigenvalue weighted by Crippen LogP contribution is -2.21. The first-order chi connectivity index (χ1) is 10.7. The van der Waals surface area contributed by atoms with Gasteiger partial charge in [0.15, 0.2) is 0 Å². The van der Waals surface area contributed by atoms with Gasteiger partial charge in [-0.2, -0.15) is 0 Å². The third-order valence-electron chi connectivity index (χ3n) is 2.24. The molecule has 2 amide bonds. The Hall–Kier alpha value is -1.32. The van der Waals surface area contributed by atoms with Gasteiger partial charge in [-0.3, -0.25) is 9.59 Å². The van der Waals surface area contributed by atoms with Gasteiger partial charge in [0.25, 0.3) is 0 Å². The molecule has 0 aromatic heterocycles. The Morgan fingerprint density at radius 1 is 1.13 bits per heavy atom. The molecule has 0 aliphatic heterocycles. The van der Waals surface area contributed by atoms with Crippen molar-refractivity contribution in [3.8, 4) is 0 Å². The molecule has 0 aliphatic carbocycles. The summed E-state index contributed by atoms with van der Waals surface area (Å²) >= 11 is 5.76. The minimum atomic E-state index is -2.94. The van der Waals surface area contributed by atoms with Gasteiger partial charge in [0.05, 0.1) is 11.4 Å². The van der Waals surface area contributed by atoms with Crippen molar-refractivity contribution in [2.24, 2.45) is 0 Å². The number of rotatable bonds is 6. The second-order valence-electron chi connectivity index (χ2n) is 3.97. The zero-order valence-corrected chi connectivity index (χ0v) is 14.7. The van der Waals surface area contributed by atoms with E-state index in [0.717, 1.165) is 0 Å². The van der Waals surface area contributed by atoms with Gasteiger partial charge in [-0.1, -0.05) is 20.8 Å². The molecular formula is C14H21ClN2O5S. The van der Waals surface area contributed by atoms with Crippen molar-refractivity contribution < 1.29 is 24.9 Å². The van der Waals surface area contributed by atoms with E-state index in [1.165, 1.54) is 18.2 Å². The number of anilines is 2. The highest BCUT2D eigenvalue weighted by molar-refractivity contribution is 8.00. The van der Waals surface area contributed by atoms with Gasteiger partial charge in [-0.25, -0.2) is 0 Å². The van der Waals surface area contributed by atoms with Crippen molar-refractivity contribution >= 4 is 46.6 Å². The van der Waals surface area contributed by atoms with Crippen LogP contribution in [0.2, 0.25) is 0 Å². The lowest BCUT2D eigenvalue weighted by molar-refractivity contribution is -0.234. The number of halogens is 1. The highest BCUT2D eigenvalue weighted by Gasteiger charge is 2.21. The Balaban J connectivity index is 0.00000232. The minimum absolute atomic E-state index is 0.226. The molecule has 1 aromatic rings. The molecule has 130 valence electrons. The van der Waals surface area contributed by atoms with Gasteiger partial charge in [-0.15, -0.1) is 11.6 Å². The molecule has 0 radical (unpaired) electrons. The number of thioether (sulfide) groups is 1. The van der Waals surface area contributed by atoms with Crippen LogP contribution in [-0.4, -0.2) is 38.3 Å². The predicted octanol–water partition coefficient (Wildman–Crippen LogP) is 1.92. The highest BCUT2D eigenvalue weighted by atomic mass is 35.5. The van der Waals surface area contributed by atoms with E-state index in [2.05, 4.69) is 10.6 Å². The predicted molar refractivity (Wildman–Crippen MR) is 91.3 cm³/mol. The van der Waals surface area contributed by atoms with Crippen molar-refractivity contribution in [3.63, 3.8) is 0 Å². The van der Waals surface area contributed by atoms with E-state index in [9.17, 15) is 9.59 Å². The number of amides is 2. The maximum absolute atomic E-state index is 11.5. The molecule has 7 nitrogen and oxygen atoms in total. The van der Waals surface area contributed by atoms with Crippen molar-refractivity contribution in [1.29, 1.82) is 0 Å². The van der Waals surface area contributed by atoms with Crippen molar-refractivity contribution in [1.82, 2.24) is 0 Å². The van der Waals surface area contributed by atoms with E-state index in [-0.39, 0.29) is 28.8 Å². The summed E-state index contributed by atoms with van der Waals surface area (Å²) in [4.78, 5) is 23.1. The van der Waals surface area contributed by atoms with Gasteiger partial charge >= 0.3 is 5.31 Å². The van der Waals surface area contributed by atoms with Crippen LogP contribution in [0.1, 0.15) is 27.2 Å². The number of nitrogens with one attached hydrogen (secondary N) is 2. The number of aliphatic hydroxyl groups is 3. The second kappa shape index (κ2) is 10.5. The molecule has 0 heterocycles. The smallest absolute Gasteiger partial charge is 0.334 e. The SMILES string of the molecule is CC.CCC(=O)Nc1cc(SC(O)(O)O)ccc1NC(=O)CCl. The van der Waals surface area contributed by atoms with Crippen LogP contribution in [0.5, 0.6) is 0 Å². The van der Waals surface area contributed by atoms with Crippen LogP contribution >= 0.6 is 23.4 Å². The van der Waals surface area contributed by atoms with E-state index in [1.807, 2.05) is 13.8 Å². The summed E-state index contributed by atoms with van der Waals surface area (Å²) in [5, 5.41) is 28.9. The molecule has 0 atom stereocenters. The van der Waals surface area contributed by atoms with Gasteiger partial charge < -0.3 is 26.0 Å². The summed E-state index contributed by atoms with van der Waals surface area (Å²) in [6.45, 7) is 5.66. The summed E-state index contributed by atoms with van der Waals surface area (Å²) < 4.78 is 0. The van der Waals surface area contributed by atoms with E-state index in [1.54, 1.807) is 6.92 Å². The highest BCUT2D eigenvalue weighted by Crippen LogP contribution is 2.32. The second-order valence-corrected chi connectivity index (χ2v) is 5.46. The van der Waals surface area contributed by atoms with Crippen LogP contribution in [0, 0.1) is 0 Å². The Bertz CT molecular complexity index is 534. The van der Waals surface area contributed by atoms with Crippen LogP contribution < -0.4 is 10.6 Å². The van der Waals surface area contributed by atoms with Crippen LogP contribution in [0.25, 0.3) is 0 Å². The molecule has 0 spiro atoms. The fourth-order valence-electron chi connectivity index (χ4n) is 1.38. The van der Waals surface area contributed by atoms with Crippen LogP contribution in [0.3, 0.4) is 0 Å². The zero-order valence-electron chi connectivity index (χ0n) is 13.1. The van der Waals surface area contributed by atoms with Crippen molar-refractivity contribution in [2.75, 3.05) is 16.5 Å². The third-order valence-corrected chi connectivity index (χ3v) is 3.24. The molecule has 0 saturated carbocycles. The van der Waals surface area contributed by atoms with E-state index >= 15 is 0 Å². The Labute approximate surface area is 144 Å². The molecule has 0 saturated heterocycles. The van der Waals surface area contributed by atoms with E-state index in [0.29, 0.717) is 17.4 Å². The monoisotopic (exact) mass is 364 g/mol. The first kappa shape index (κ1) is 21.7. The molecule has 5 N–H and O–H groups in total. The average Bonchev–Trinajstić information content (AvgIpc) is 2.50. The third kappa shape index (κ3) is 8.77. The van der Waals surface area contributed by atoms with Gasteiger partial charge in [0.1, 0.15) is 5.88 Å². The first-order valence-electron chi connectivity index (χ1n) is 6.91. The van der Waals surface area contributed by atoms with E-state index in [4.69, 9.17) is 26.9 Å². The Morgan fingerprint density at radius 2 is 1.70 bits per heavy atom. The number of hydrogen-bond donors (Lipinski definition) is 5. The fourth-order valence-corrected chi connectivity index (χ4v) is 2.08. The molecule has 0 unspecified atom stereocenters. The number of alkyl halides is 1. The Kier molecular flexibility index (Phi) is 9.85. The molecular weight excluding hydrogens is 344 g/mol. The van der Waals surface area contributed by atoms with Crippen LogP contribution in [0.15, 0.2) is 23.1 Å². The Morgan fingerprint density at radius 3 is 2.17 bits per heavy atom. The quantitative estimate of drug-likeness (QED) is 0.299. The molecule has 0 aliphatic rings. The fraction of sp³-hybridized carbons (Fsp3) is 0.429. The van der Waals surface area contributed by atoms with Gasteiger partial charge in [-0.05, 0) is 30.0 Å². The molecule has 1 aromatic carbocycles. The molecule has 9 heteroatoms. The average molecular weight is 365 g/mol. The van der Waals surface area contributed by atoms with Gasteiger partial charge in [0, 0.05) is 11.3 Å². The molecule has 1 rings (SSSR count). The topological polar surface area (TPSA) is 119 Å². The summed E-state index contributed by atoms with van der Waals surface area (Å²) in [5.74, 6) is -0.989. The number of carbonyl (C=O) groups is 2. The summed E-state index contributed by atoms with van der Waals surface area (Å²) in [5.41, 5.74) is 0.570. The number of carbonyl (C=O) groups excluding carboxylic acids is 2. The van der Waals surface area contributed by atoms with Gasteiger partial charge in [0.2, 0.25) is 11.8 Å². The van der Waals surface area contributed by atoms with Crippen LogP contribution in [0.4, 0.5) is 11.4 Å². The number of benzene rings is 1. The van der Waals surface area contributed by atoms with Crippen molar-refractivity contribution in [3.05, 3.63) is 18.2 Å². The maximum Gasteiger partial charge on any atom is 0.334 e. The zero-order chi connectivity index (χ0) is 18.0. The lowest BCUT2D eigenvalue weighted by Gasteiger charge is -2.16. The summed E-state index contributed by atoms with van der Waals surface area (Å²) in [6, 6.07) is 4.27. The first-order valence-corrected chi connectivity index (χ1v) is 8.26. The van der Waals surface area contributed by atoms with E-state index < -0.39 is 11.2 Å².